The van der Waals surface area contributed by atoms with Crippen LogP contribution in [0.2, 0.25) is 0 Å². The Morgan fingerprint density at radius 3 is 2.74 bits per heavy atom. The summed E-state index contributed by atoms with van der Waals surface area (Å²) >= 11 is 2.25. The van der Waals surface area contributed by atoms with Gasteiger partial charge in [0.25, 0.3) is 5.91 Å². The molecule has 4 heteroatoms. The first kappa shape index (κ1) is 12.7. The summed E-state index contributed by atoms with van der Waals surface area (Å²) in [5.74, 6) is 0.133. The molecule has 1 fully saturated rings. The van der Waals surface area contributed by atoms with E-state index in [1.54, 1.807) is 0 Å². The third-order valence-electron chi connectivity index (χ3n) is 3.59. The Labute approximate surface area is 126 Å². The molecule has 0 radical (unpaired) electrons. The van der Waals surface area contributed by atoms with E-state index >= 15 is 0 Å². The molecule has 3 rings (SSSR count). The number of carbonyl (C=O) groups is 1. The molecule has 98 valence electrons. The molecule has 19 heavy (non-hydrogen) atoms. The highest BCUT2D eigenvalue weighted by Crippen LogP contribution is 2.32. The Morgan fingerprint density at radius 2 is 2.05 bits per heavy atom. The summed E-state index contributed by atoms with van der Waals surface area (Å²) in [7, 11) is 0. The van der Waals surface area contributed by atoms with Gasteiger partial charge in [0.1, 0.15) is 0 Å². The Bertz CT molecular complexity index is 562. The first-order valence-corrected chi connectivity index (χ1v) is 7.53. The number of carbonyl (C=O) groups excluding carboxylic acids is 1. The fourth-order valence-electron chi connectivity index (χ4n) is 2.64. The zero-order valence-electron chi connectivity index (χ0n) is 10.5. The monoisotopic (exact) mass is 366 g/mol. The first-order chi connectivity index (χ1) is 9.25. The van der Waals surface area contributed by atoms with E-state index in [0.717, 1.165) is 34.2 Å². The van der Waals surface area contributed by atoms with Gasteiger partial charge in [0, 0.05) is 27.6 Å². The maximum absolute atomic E-state index is 12.6. The molecule has 1 saturated heterocycles. The number of H-pyrrole nitrogens is 1. The van der Waals surface area contributed by atoms with Gasteiger partial charge in [-0.2, -0.15) is 0 Å². The number of nitrogens with zero attached hydrogens (tertiary/aromatic N) is 1. The van der Waals surface area contributed by atoms with E-state index in [0.29, 0.717) is 0 Å². The van der Waals surface area contributed by atoms with Gasteiger partial charge in [0.15, 0.2) is 0 Å². The fraction of sp³-hybridized carbons (Fsp3) is 0.267. The van der Waals surface area contributed by atoms with Crippen LogP contribution in [0.25, 0.3) is 0 Å². The fourth-order valence-corrected chi connectivity index (χ4v) is 3.00. The van der Waals surface area contributed by atoms with Gasteiger partial charge >= 0.3 is 0 Å². The molecule has 3 nitrogen and oxygen atoms in total. The first-order valence-electron chi connectivity index (χ1n) is 6.45. The van der Waals surface area contributed by atoms with Gasteiger partial charge < -0.3 is 9.88 Å². The van der Waals surface area contributed by atoms with Gasteiger partial charge in [-0.05, 0) is 71.8 Å². The predicted octanol–water partition coefficient (Wildman–Crippen LogP) is 3.60. The lowest BCUT2D eigenvalue weighted by Gasteiger charge is -2.24. The van der Waals surface area contributed by atoms with Crippen LogP contribution in [-0.2, 0) is 0 Å². The number of hydrogen-bond acceptors (Lipinski definition) is 1. The molecule has 2 aromatic rings. The van der Waals surface area contributed by atoms with Gasteiger partial charge in [-0.3, -0.25) is 4.79 Å². The number of nitrogens with one attached hydrogen (secondary N) is 1. The van der Waals surface area contributed by atoms with Crippen molar-refractivity contribution in [2.75, 3.05) is 6.54 Å². The number of amides is 1. The SMILES string of the molecule is O=C(c1ccc(I)cc1)N1CCC[C@H]1c1ccc[nH]1. The van der Waals surface area contributed by atoms with Gasteiger partial charge in [0.2, 0.25) is 0 Å². The van der Waals surface area contributed by atoms with Gasteiger partial charge in [-0.25, -0.2) is 0 Å². The largest absolute Gasteiger partial charge is 0.363 e. The molecule has 1 aromatic heterocycles. The van der Waals surface area contributed by atoms with Gasteiger partial charge in [-0.15, -0.1) is 0 Å². The van der Waals surface area contributed by atoms with E-state index < -0.39 is 0 Å². The molecule has 2 heterocycles. The third-order valence-corrected chi connectivity index (χ3v) is 4.31. The second-order valence-corrected chi connectivity index (χ2v) is 6.03. The van der Waals surface area contributed by atoms with Crippen molar-refractivity contribution in [1.29, 1.82) is 0 Å². The van der Waals surface area contributed by atoms with Crippen LogP contribution in [0.3, 0.4) is 0 Å². The highest BCUT2D eigenvalue weighted by molar-refractivity contribution is 14.1. The van der Waals surface area contributed by atoms with Crippen molar-refractivity contribution < 1.29 is 4.79 Å². The molecular weight excluding hydrogens is 351 g/mol. The number of aromatic nitrogens is 1. The van der Waals surface area contributed by atoms with E-state index in [4.69, 9.17) is 0 Å². The van der Waals surface area contributed by atoms with Crippen molar-refractivity contribution in [2.45, 2.75) is 18.9 Å². The maximum atomic E-state index is 12.6. The lowest BCUT2D eigenvalue weighted by molar-refractivity contribution is 0.0733. The van der Waals surface area contributed by atoms with Crippen LogP contribution in [0.4, 0.5) is 0 Å². The van der Waals surface area contributed by atoms with E-state index in [1.165, 1.54) is 0 Å². The summed E-state index contributed by atoms with van der Waals surface area (Å²) in [5.41, 5.74) is 1.91. The van der Waals surface area contributed by atoms with Crippen molar-refractivity contribution in [3.8, 4) is 0 Å². The number of halogens is 1. The average molecular weight is 366 g/mol. The minimum atomic E-state index is 0.133. The molecule has 1 amide bonds. The van der Waals surface area contributed by atoms with E-state index in [9.17, 15) is 4.79 Å². The molecule has 1 aliphatic rings. The smallest absolute Gasteiger partial charge is 0.254 e. The Morgan fingerprint density at radius 1 is 1.26 bits per heavy atom. The quantitative estimate of drug-likeness (QED) is 0.811. The molecule has 0 bridgehead atoms. The molecule has 0 saturated carbocycles. The normalized spacial score (nSPS) is 18.8. The number of likely N-dealkylation sites (tertiary alicyclic amines) is 1. The van der Waals surface area contributed by atoms with Gasteiger partial charge in [-0.1, -0.05) is 0 Å². The molecular formula is C15H15IN2O. The minimum absolute atomic E-state index is 0.133. The summed E-state index contributed by atoms with van der Waals surface area (Å²) in [6.07, 6.45) is 4.03. The second-order valence-electron chi connectivity index (χ2n) is 4.79. The molecule has 1 N–H and O–H groups in total. The molecule has 0 spiro atoms. The van der Waals surface area contributed by atoms with Crippen LogP contribution in [0.5, 0.6) is 0 Å². The van der Waals surface area contributed by atoms with E-state index in [-0.39, 0.29) is 11.9 Å². The number of benzene rings is 1. The van der Waals surface area contributed by atoms with Crippen molar-refractivity contribution >= 4 is 28.5 Å². The summed E-state index contributed by atoms with van der Waals surface area (Å²) in [5, 5.41) is 0. The lowest BCUT2D eigenvalue weighted by Crippen LogP contribution is -2.30. The third kappa shape index (κ3) is 2.54. The number of aromatic amines is 1. The molecule has 1 aromatic carbocycles. The second kappa shape index (κ2) is 5.36. The molecule has 0 aliphatic carbocycles. The summed E-state index contributed by atoms with van der Waals surface area (Å²) in [4.78, 5) is 17.8. The number of rotatable bonds is 2. The Hall–Kier alpha value is -1.30. The van der Waals surface area contributed by atoms with Crippen molar-refractivity contribution in [3.63, 3.8) is 0 Å². The van der Waals surface area contributed by atoms with Crippen LogP contribution in [0.1, 0.15) is 34.9 Å². The van der Waals surface area contributed by atoms with Crippen LogP contribution in [0.15, 0.2) is 42.6 Å². The standard InChI is InChI=1S/C15H15IN2O/c16-12-7-5-11(6-8-12)15(19)18-10-2-4-14(18)13-3-1-9-17-13/h1,3,5-9,14,17H,2,4,10H2/t14-/m0/s1. The maximum Gasteiger partial charge on any atom is 0.254 e. The zero-order valence-corrected chi connectivity index (χ0v) is 12.6. The number of hydrogen-bond donors (Lipinski definition) is 1. The summed E-state index contributed by atoms with van der Waals surface area (Å²) < 4.78 is 1.15. The molecule has 1 aliphatic heterocycles. The Balaban J connectivity index is 1.84. The van der Waals surface area contributed by atoms with Crippen molar-refractivity contribution in [1.82, 2.24) is 9.88 Å². The topological polar surface area (TPSA) is 36.1 Å². The molecule has 1 atom stereocenters. The molecule has 0 unspecified atom stereocenters. The lowest BCUT2D eigenvalue weighted by atomic mass is 10.1. The van der Waals surface area contributed by atoms with Crippen molar-refractivity contribution in [2.24, 2.45) is 0 Å². The van der Waals surface area contributed by atoms with Crippen LogP contribution in [0, 0.1) is 3.57 Å². The average Bonchev–Trinajstić information content (AvgIpc) is 3.09. The summed E-state index contributed by atoms with van der Waals surface area (Å²) in [6, 6.07) is 12.0. The summed E-state index contributed by atoms with van der Waals surface area (Å²) in [6.45, 7) is 0.842. The van der Waals surface area contributed by atoms with Crippen molar-refractivity contribution in [3.05, 3.63) is 57.4 Å². The Kier molecular flexibility index (Phi) is 3.59. The highest BCUT2D eigenvalue weighted by Gasteiger charge is 2.30. The van der Waals surface area contributed by atoms with Gasteiger partial charge in [0.05, 0.1) is 6.04 Å². The van der Waals surface area contributed by atoms with E-state index in [1.807, 2.05) is 41.4 Å². The predicted molar refractivity (Wildman–Crippen MR) is 83.0 cm³/mol. The van der Waals surface area contributed by atoms with Crippen LogP contribution >= 0.6 is 22.6 Å². The zero-order chi connectivity index (χ0) is 13.2. The van der Waals surface area contributed by atoms with Crippen LogP contribution in [-0.4, -0.2) is 22.3 Å². The minimum Gasteiger partial charge on any atom is -0.363 e. The van der Waals surface area contributed by atoms with Crippen LogP contribution < -0.4 is 0 Å². The van der Waals surface area contributed by atoms with E-state index in [2.05, 4.69) is 33.6 Å². The highest BCUT2D eigenvalue weighted by atomic mass is 127.